The van der Waals surface area contributed by atoms with Crippen molar-refractivity contribution in [2.75, 3.05) is 0 Å². The van der Waals surface area contributed by atoms with Crippen molar-refractivity contribution in [2.24, 2.45) is 10.8 Å². The van der Waals surface area contributed by atoms with Gasteiger partial charge in [0.1, 0.15) is 0 Å². The third-order valence-electron chi connectivity index (χ3n) is 6.86. The first-order valence-corrected chi connectivity index (χ1v) is 11.4. The average molecular weight is 383 g/mol. The summed E-state index contributed by atoms with van der Waals surface area (Å²) in [7, 11) is 0. The highest BCUT2D eigenvalue weighted by Crippen LogP contribution is 2.55. The molecule has 2 atom stereocenters. The minimum absolute atomic E-state index is 0.521. The van der Waals surface area contributed by atoms with Gasteiger partial charge >= 0.3 is 11.9 Å². The highest BCUT2D eigenvalue weighted by molar-refractivity contribution is 5.86. The van der Waals surface area contributed by atoms with Gasteiger partial charge in [0.2, 0.25) is 0 Å². The van der Waals surface area contributed by atoms with Gasteiger partial charge in [0.25, 0.3) is 0 Å². The number of hydrogen-bond acceptors (Lipinski definition) is 2. The first-order chi connectivity index (χ1) is 13.0. The molecule has 0 aliphatic heterocycles. The van der Waals surface area contributed by atoms with E-state index in [9.17, 15) is 19.8 Å². The molecule has 0 radical (unpaired) electrons. The fraction of sp³-hybridized carbons (Fsp3) is 0.913. The molecule has 4 nitrogen and oxygen atoms in total. The summed E-state index contributed by atoms with van der Waals surface area (Å²) >= 11 is 0. The van der Waals surface area contributed by atoms with Gasteiger partial charge in [0.05, 0.1) is 10.8 Å². The van der Waals surface area contributed by atoms with Crippen LogP contribution in [0.4, 0.5) is 0 Å². The lowest BCUT2D eigenvalue weighted by Gasteiger charge is -2.45. The topological polar surface area (TPSA) is 74.6 Å². The summed E-state index contributed by atoms with van der Waals surface area (Å²) in [4.78, 5) is 25.1. The van der Waals surface area contributed by atoms with Gasteiger partial charge < -0.3 is 10.2 Å². The van der Waals surface area contributed by atoms with Crippen molar-refractivity contribution in [3.63, 3.8) is 0 Å². The Morgan fingerprint density at radius 1 is 0.630 bits per heavy atom. The normalized spacial score (nSPS) is 25.9. The minimum Gasteiger partial charge on any atom is -0.481 e. The summed E-state index contributed by atoms with van der Waals surface area (Å²) in [6, 6.07) is 0. The van der Waals surface area contributed by atoms with E-state index in [0.717, 1.165) is 70.6 Å². The number of carboxylic acids is 2. The van der Waals surface area contributed by atoms with E-state index in [4.69, 9.17) is 0 Å². The van der Waals surface area contributed by atoms with E-state index < -0.39 is 22.8 Å². The lowest BCUT2D eigenvalue weighted by molar-refractivity contribution is -0.178. The van der Waals surface area contributed by atoms with E-state index in [1.807, 2.05) is 0 Å². The van der Waals surface area contributed by atoms with E-state index in [-0.39, 0.29) is 0 Å². The van der Waals surface area contributed by atoms with Crippen molar-refractivity contribution in [1.82, 2.24) is 0 Å². The van der Waals surface area contributed by atoms with E-state index in [2.05, 4.69) is 13.8 Å². The van der Waals surface area contributed by atoms with Crippen molar-refractivity contribution < 1.29 is 19.8 Å². The number of carbonyl (C=O) groups is 2. The second-order valence-corrected chi connectivity index (χ2v) is 8.66. The van der Waals surface area contributed by atoms with Crippen LogP contribution in [-0.2, 0) is 9.59 Å². The lowest BCUT2D eigenvalue weighted by Crippen LogP contribution is -2.52. The van der Waals surface area contributed by atoms with Crippen LogP contribution < -0.4 is 0 Å². The van der Waals surface area contributed by atoms with Crippen molar-refractivity contribution in [1.29, 1.82) is 0 Å². The van der Waals surface area contributed by atoms with Gasteiger partial charge in [-0.3, -0.25) is 9.59 Å². The number of unbranched alkanes of at least 4 members (excludes halogenated alkanes) is 8. The van der Waals surface area contributed by atoms with Gasteiger partial charge in [-0.05, 0) is 25.7 Å². The number of carboxylic acid groups (broad SMARTS) is 2. The second kappa shape index (κ2) is 12.4. The summed E-state index contributed by atoms with van der Waals surface area (Å²) in [5, 5.41) is 20.6. The molecule has 27 heavy (non-hydrogen) atoms. The molecule has 0 bridgehead atoms. The Balaban J connectivity index is 3.01. The average Bonchev–Trinajstić information content (AvgIpc) is 2.82. The maximum Gasteiger partial charge on any atom is 0.310 e. The smallest absolute Gasteiger partial charge is 0.310 e. The number of aliphatic carboxylic acids is 2. The van der Waals surface area contributed by atoms with Gasteiger partial charge in [-0.25, -0.2) is 0 Å². The summed E-state index contributed by atoms with van der Waals surface area (Å²) in [5.41, 5.74) is -2.18. The van der Waals surface area contributed by atoms with Crippen LogP contribution in [-0.4, -0.2) is 22.2 Å². The maximum absolute atomic E-state index is 12.5. The summed E-state index contributed by atoms with van der Waals surface area (Å²) < 4.78 is 0. The van der Waals surface area contributed by atoms with Crippen LogP contribution in [0.15, 0.2) is 0 Å². The molecule has 0 spiro atoms. The zero-order chi connectivity index (χ0) is 20.2. The Hall–Kier alpha value is -1.06. The molecule has 0 saturated heterocycles. The molecule has 0 aromatic rings. The Bertz CT molecular complexity index is 408. The molecule has 0 heterocycles. The van der Waals surface area contributed by atoms with E-state index in [1.54, 1.807) is 0 Å². The van der Waals surface area contributed by atoms with Gasteiger partial charge in [-0.1, -0.05) is 97.3 Å². The fourth-order valence-electron chi connectivity index (χ4n) is 5.14. The molecule has 0 aromatic heterocycles. The largest absolute Gasteiger partial charge is 0.481 e. The fourth-order valence-corrected chi connectivity index (χ4v) is 5.14. The van der Waals surface area contributed by atoms with Gasteiger partial charge in [0, 0.05) is 0 Å². The van der Waals surface area contributed by atoms with E-state index in [1.165, 1.54) is 12.8 Å². The van der Waals surface area contributed by atoms with Crippen LogP contribution >= 0.6 is 0 Å². The third-order valence-corrected chi connectivity index (χ3v) is 6.86. The highest BCUT2D eigenvalue weighted by Gasteiger charge is 2.60. The molecule has 2 N–H and O–H groups in total. The molecule has 158 valence electrons. The molecule has 1 aliphatic carbocycles. The van der Waals surface area contributed by atoms with Gasteiger partial charge in [-0.15, -0.1) is 0 Å². The quantitative estimate of drug-likeness (QED) is 0.255. The maximum atomic E-state index is 12.5. The predicted molar refractivity (Wildman–Crippen MR) is 110 cm³/mol. The molecule has 1 rings (SSSR count). The van der Waals surface area contributed by atoms with Crippen molar-refractivity contribution in [3.8, 4) is 0 Å². The predicted octanol–water partition coefficient (Wildman–Crippen LogP) is 6.81. The molecule has 1 saturated carbocycles. The van der Waals surface area contributed by atoms with Crippen molar-refractivity contribution in [2.45, 2.75) is 123 Å². The summed E-state index contributed by atoms with van der Waals surface area (Å²) in [5.74, 6) is -1.73. The Morgan fingerprint density at radius 3 is 1.33 bits per heavy atom. The van der Waals surface area contributed by atoms with Gasteiger partial charge in [0.15, 0.2) is 0 Å². The Labute approximate surface area is 166 Å². The van der Waals surface area contributed by atoms with Crippen molar-refractivity contribution in [3.05, 3.63) is 0 Å². The Kier molecular flexibility index (Phi) is 11.0. The standard InChI is InChI=1S/C23H42O4/c1-3-5-7-9-12-16-22(20(24)25)18-14-11-15-19-23(22,21(26)27)17-13-10-8-6-4-2/h3-19H2,1-2H3,(H,24,25)(H,26,27). The second-order valence-electron chi connectivity index (χ2n) is 8.66. The first-order valence-electron chi connectivity index (χ1n) is 11.4. The van der Waals surface area contributed by atoms with Crippen LogP contribution in [0.1, 0.15) is 123 Å². The SMILES string of the molecule is CCCCCCCC1(C(=O)O)CCCCCC1(CCCCCCC)C(=O)O. The van der Waals surface area contributed by atoms with Crippen LogP contribution in [0.3, 0.4) is 0 Å². The van der Waals surface area contributed by atoms with Crippen LogP contribution in [0, 0.1) is 10.8 Å². The molecule has 0 aromatic carbocycles. The zero-order valence-corrected chi connectivity index (χ0v) is 17.7. The summed E-state index contributed by atoms with van der Waals surface area (Å²) in [6.45, 7) is 4.33. The number of rotatable bonds is 14. The molecule has 0 amide bonds. The van der Waals surface area contributed by atoms with Crippen LogP contribution in [0.2, 0.25) is 0 Å². The third kappa shape index (κ3) is 6.22. The number of hydrogen-bond donors (Lipinski definition) is 2. The minimum atomic E-state index is -1.09. The molecule has 1 fully saturated rings. The lowest BCUT2D eigenvalue weighted by atomic mass is 9.56. The molecule has 4 heteroatoms. The van der Waals surface area contributed by atoms with E-state index in [0.29, 0.717) is 25.7 Å². The molecule has 2 unspecified atom stereocenters. The molecular formula is C23H42O4. The highest BCUT2D eigenvalue weighted by atomic mass is 16.4. The van der Waals surface area contributed by atoms with Crippen molar-refractivity contribution >= 4 is 11.9 Å². The molecule has 1 aliphatic rings. The zero-order valence-electron chi connectivity index (χ0n) is 17.7. The Morgan fingerprint density at radius 2 is 1.00 bits per heavy atom. The molecular weight excluding hydrogens is 340 g/mol. The first kappa shape index (κ1) is 24.0. The summed E-state index contributed by atoms with van der Waals surface area (Å²) in [6.07, 6.45) is 15.3. The van der Waals surface area contributed by atoms with E-state index >= 15 is 0 Å². The van der Waals surface area contributed by atoms with Crippen LogP contribution in [0.5, 0.6) is 0 Å². The monoisotopic (exact) mass is 382 g/mol. The van der Waals surface area contributed by atoms with Crippen LogP contribution in [0.25, 0.3) is 0 Å². The van der Waals surface area contributed by atoms with Gasteiger partial charge in [-0.2, -0.15) is 0 Å².